The number of alkyl halides is 3. The third-order valence-corrected chi connectivity index (χ3v) is 6.51. The van der Waals surface area contributed by atoms with Crippen LogP contribution in [0.15, 0.2) is 29.2 Å². The number of nitrogens with one attached hydrogen (secondary N) is 2. The summed E-state index contributed by atoms with van der Waals surface area (Å²) in [5, 5.41) is 3.36. The van der Waals surface area contributed by atoms with Gasteiger partial charge in [0.05, 0.1) is 10.3 Å². The molecule has 2 heterocycles. The molecule has 0 fully saturated rings. The van der Waals surface area contributed by atoms with Crippen LogP contribution in [0.1, 0.15) is 16.3 Å². The fourth-order valence-corrected chi connectivity index (χ4v) is 4.20. The van der Waals surface area contributed by atoms with Crippen LogP contribution in [-0.2, 0) is 16.2 Å². The van der Waals surface area contributed by atoms with E-state index in [-0.39, 0.29) is 15.5 Å². The molecule has 2 N–H and O–H groups in total. The van der Waals surface area contributed by atoms with Gasteiger partial charge in [0.1, 0.15) is 10.6 Å². The summed E-state index contributed by atoms with van der Waals surface area (Å²) in [6.07, 6.45) is -4.68. The third-order valence-electron chi connectivity index (χ3n) is 3.98. The van der Waals surface area contributed by atoms with Gasteiger partial charge >= 0.3 is 6.18 Å². The van der Waals surface area contributed by atoms with Crippen LogP contribution in [0.4, 0.5) is 24.7 Å². The fourth-order valence-electron chi connectivity index (χ4n) is 2.44. The first kappa shape index (κ1) is 19.5. The summed E-state index contributed by atoms with van der Waals surface area (Å²) in [5.41, 5.74) is 1.20. The molecule has 0 unspecified atom stereocenters. The Bertz CT molecular complexity index is 1110. The lowest BCUT2D eigenvalue weighted by atomic mass is 10.2. The molecule has 0 radical (unpaired) electrons. The maximum Gasteiger partial charge on any atom is 0.451 e. The number of hydrogen-bond donors (Lipinski definition) is 2. The monoisotopic (exact) mass is 416 g/mol. The average molecular weight is 416 g/mol. The molecular formula is C16H15F3N4O2S2. The number of anilines is 2. The summed E-state index contributed by atoms with van der Waals surface area (Å²) < 4.78 is 65.2. The van der Waals surface area contributed by atoms with Crippen molar-refractivity contribution in [2.45, 2.75) is 24.9 Å². The van der Waals surface area contributed by atoms with Gasteiger partial charge in [0, 0.05) is 10.6 Å². The molecule has 0 aliphatic rings. The van der Waals surface area contributed by atoms with Crippen molar-refractivity contribution in [2.75, 3.05) is 12.4 Å². The van der Waals surface area contributed by atoms with Gasteiger partial charge in [0.2, 0.25) is 15.8 Å². The Hall–Kier alpha value is -2.24. The van der Waals surface area contributed by atoms with Crippen LogP contribution >= 0.6 is 11.3 Å². The topological polar surface area (TPSA) is 84.0 Å². The molecule has 1 aromatic carbocycles. The number of benzene rings is 1. The van der Waals surface area contributed by atoms with Gasteiger partial charge in [0.15, 0.2) is 0 Å². The van der Waals surface area contributed by atoms with Gasteiger partial charge in [-0.25, -0.2) is 23.1 Å². The normalized spacial score (nSPS) is 12.5. The number of thiophene rings is 1. The van der Waals surface area contributed by atoms with E-state index in [0.717, 1.165) is 21.8 Å². The van der Waals surface area contributed by atoms with Crippen molar-refractivity contribution in [1.82, 2.24) is 14.7 Å². The standard InChI is InChI=1S/C16H15F3N4O2S2/c1-8-9(2)26-14-12(8)13(22-15(23-14)16(17,18)19)21-10-4-6-11(7-5-10)27(24,25)20-3/h4-7,20H,1-3H3,(H,21,22,23). The van der Waals surface area contributed by atoms with Crippen LogP contribution < -0.4 is 10.0 Å². The van der Waals surface area contributed by atoms with Crippen molar-refractivity contribution in [1.29, 1.82) is 0 Å². The van der Waals surface area contributed by atoms with Gasteiger partial charge in [-0.15, -0.1) is 11.3 Å². The minimum absolute atomic E-state index is 0.0263. The largest absolute Gasteiger partial charge is 0.451 e. The van der Waals surface area contributed by atoms with Crippen LogP contribution in [0.5, 0.6) is 0 Å². The Balaban J connectivity index is 2.08. The van der Waals surface area contributed by atoms with Crippen LogP contribution in [0, 0.1) is 13.8 Å². The summed E-state index contributed by atoms with van der Waals surface area (Å²) in [6.45, 7) is 3.59. The van der Waals surface area contributed by atoms with E-state index in [1.165, 1.54) is 31.3 Å². The zero-order valence-electron chi connectivity index (χ0n) is 14.5. The molecule has 0 spiro atoms. The van der Waals surface area contributed by atoms with E-state index in [0.29, 0.717) is 11.1 Å². The first-order valence-corrected chi connectivity index (χ1v) is 9.98. The SMILES string of the molecule is CNS(=O)(=O)c1ccc(Nc2nc(C(F)(F)F)nc3sc(C)c(C)c23)cc1. The van der Waals surface area contributed by atoms with E-state index in [1.807, 2.05) is 0 Å². The summed E-state index contributed by atoms with van der Waals surface area (Å²) in [4.78, 5) is 8.43. The lowest BCUT2D eigenvalue weighted by Gasteiger charge is -2.12. The second kappa shape index (κ2) is 6.73. The van der Waals surface area contributed by atoms with E-state index < -0.39 is 22.0 Å². The van der Waals surface area contributed by atoms with Gasteiger partial charge in [-0.1, -0.05) is 0 Å². The number of rotatable bonds is 4. The molecule has 0 saturated heterocycles. The molecule has 6 nitrogen and oxygen atoms in total. The highest BCUT2D eigenvalue weighted by Crippen LogP contribution is 2.37. The van der Waals surface area contributed by atoms with E-state index >= 15 is 0 Å². The summed E-state index contributed by atoms with van der Waals surface area (Å²) in [5.74, 6) is -1.20. The Morgan fingerprint density at radius 3 is 2.26 bits per heavy atom. The number of aromatic nitrogens is 2. The molecule has 0 amide bonds. The summed E-state index contributed by atoms with van der Waals surface area (Å²) in [7, 11) is -2.31. The molecule has 144 valence electrons. The van der Waals surface area contributed by atoms with Crippen molar-refractivity contribution in [3.05, 3.63) is 40.5 Å². The molecule has 3 aromatic rings. The molecule has 11 heteroatoms. The Morgan fingerprint density at radius 1 is 1.07 bits per heavy atom. The number of nitrogens with zero attached hydrogens (tertiary/aromatic N) is 2. The van der Waals surface area contributed by atoms with Gasteiger partial charge in [-0.05, 0) is 50.7 Å². The highest BCUT2D eigenvalue weighted by atomic mass is 32.2. The Kier molecular flexibility index (Phi) is 4.87. The van der Waals surface area contributed by atoms with Crippen molar-refractivity contribution in [2.24, 2.45) is 0 Å². The van der Waals surface area contributed by atoms with Gasteiger partial charge < -0.3 is 5.32 Å². The average Bonchev–Trinajstić information content (AvgIpc) is 2.89. The Labute approximate surface area is 157 Å². The van der Waals surface area contributed by atoms with Crippen molar-refractivity contribution >= 4 is 43.1 Å². The smallest absolute Gasteiger partial charge is 0.340 e. The second-order valence-electron chi connectivity index (χ2n) is 5.71. The summed E-state index contributed by atoms with van der Waals surface area (Å²) in [6, 6.07) is 5.62. The van der Waals surface area contributed by atoms with Crippen LogP contribution in [0.3, 0.4) is 0 Å². The predicted octanol–water partition coefficient (Wildman–Crippen LogP) is 3.98. The van der Waals surface area contributed by atoms with Gasteiger partial charge in [-0.3, -0.25) is 0 Å². The molecule has 3 rings (SSSR count). The van der Waals surface area contributed by atoms with E-state index in [1.54, 1.807) is 13.8 Å². The number of halogens is 3. The maximum atomic E-state index is 13.1. The minimum atomic E-state index is -4.68. The quantitative estimate of drug-likeness (QED) is 0.672. The first-order valence-electron chi connectivity index (χ1n) is 7.68. The first-order chi connectivity index (χ1) is 12.5. The van der Waals surface area contributed by atoms with Crippen LogP contribution in [-0.4, -0.2) is 25.4 Å². The van der Waals surface area contributed by atoms with E-state index in [2.05, 4.69) is 20.0 Å². The number of fused-ring (bicyclic) bond motifs is 1. The molecule has 0 atom stereocenters. The van der Waals surface area contributed by atoms with E-state index in [4.69, 9.17) is 0 Å². The number of aryl methyl sites for hydroxylation is 2. The third kappa shape index (κ3) is 3.75. The van der Waals surface area contributed by atoms with Gasteiger partial charge in [-0.2, -0.15) is 13.2 Å². The highest BCUT2D eigenvalue weighted by Gasteiger charge is 2.36. The molecule has 0 bridgehead atoms. The molecular weight excluding hydrogens is 401 g/mol. The highest BCUT2D eigenvalue weighted by molar-refractivity contribution is 7.89. The van der Waals surface area contributed by atoms with Crippen molar-refractivity contribution in [3.8, 4) is 0 Å². The molecule has 0 aliphatic heterocycles. The maximum absolute atomic E-state index is 13.1. The van der Waals surface area contributed by atoms with Gasteiger partial charge in [0.25, 0.3) is 0 Å². The number of hydrogen-bond acceptors (Lipinski definition) is 6. The Morgan fingerprint density at radius 2 is 1.70 bits per heavy atom. The lowest BCUT2D eigenvalue weighted by molar-refractivity contribution is -0.144. The second-order valence-corrected chi connectivity index (χ2v) is 8.80. The number of sulfonamides is 1. The van der Waals surface area contributed by atoms with Crippen molar-refractivity contribution < 1.29 is 21.6 Å². The molecule has 27 heavy (non-hydrogen) atoms. The minimum Gasteiger partial charge on any atom is -0.340 e. The zero-order chi connectivity index (χ0) is 20.0. The summed E-state index contributed by atoms with van der Waals surface area (Å²) >= 11 is 1.16. The van der Waals surface area contributed by atoms with Crippen LogP contribution in [0.2, 0.25) is 0 Å². The zero-order valence-corrected chi connectivity index (χ0v) is 16.1. The lowest BCUT2D eigenvalue weighted by Crippen LogP contribution is -2.18. The molecule has 0 aliphatic carbocycles. The molecule has 0 saturated carbocycles. The van der Waals surface area contributed by atoms with Crippen LogP contribution in [0.25, 0.3) is 10.2 Å². The fraction of sp³-hybridized carbons (Fsp3) is 0.250. The van der Waals surface area contributed by atoms with Crippen molar-refractivity contribution in [3.63, 3.8) is 0 Å². The molecule has 2 aromatic heterocycles. The van der Waals surface area contributed by atoms with E-state index in [9.17, 15) is 21.6 Å². The predicted molar refractivity (Wildman–Crippen MR) is 97.9 cm³/mol.